The molecular weight excluding hydrogens is 331 g/mol. The van der Waals surface area contributed by atoms with E-state index in [9.17, 15) is 0 Å². The summed E-state index contributed by atoms with van der Waals surface area (Å²) in [6, 6.07) is 0. The average molecular weight is 355 g/mol. The maximum atomic E-state index is 5.62. The van der Waals surface area contributed by atoms with Gasteiger partial charge in [0.25, 0.3) is 0 Å². The first-order valence-electron chi connectivity index (χ1n) is 6.85. The molecule has 1 aromatic rings. The van der Waals surface area contributed by atoms with E-state index in [1.807, 2.05) is 12.4 Å². The van der Waals surface area contributed by atoms with Crippen LogP contribution in [0.2, 0.25) is 0 Å². The van der Waals surface area contributed by atoms with Crippen LogP contribution in [-0.4, -0.2) is 48.1 Å². The molecule has 1 atom stereocenters. The zero-order chi connectivity index (χ0) is 13.3. The number of rotatable bonds is 7. The number of halogens is 2. The molecular formula is C13H24Cl2N4OS. The molecule has 2 rings (SSSR count). The van der Waals surface area contributed by atoms with Gasteiger partial charge < -0.3 is 15.4 Å². The Hall–Kier alpha value is -0.110. The second-order valence-electron chi connectivity index (χ2n) is 4.55. The lowest BCUT2D eigenvalue weighted by molar-refractivity contribution is 0.0290. The topological polar surface area (TPSA) is 59.1 Å². The fourth-order valence-corrected chi connectivity index (χ4v) is 2.47. The molecule has 1 saturated heterocycles. The summed E-state index contributed by atoms with van der Waals surface area (Å²) in [4.78, 5) is 8.70. The number of ether oxygens (including phenoxy) is 1. The molecule has 1 aliphatic heterocycles. The van der Waals surface area contributed by atoms with Crippen molar-refractivity contribution < 1.29 is 4.74 Å². The Balaban J connectivity index is 0.00000200. The molecule has 8 heteroatoms. The van der Waals surface area contributed by atoms with Gasteiger partial charge in [0, 0.05) is 49.9 Å². The molecule has 122 valence electrons. The molecule has 2 N–H and O–H groups in total. The summed E-state index contributed by atoms with van der Waals surface area (Å²) in [6.45, 7) is 6.50. The molecule has 21 heavy (non-hydrogen) atoms. The lowest BCUT2D eigenvalue weighted by Gasteiger charge is -2.23. The van der Waals surface area contributed by atoms with Gasteiger partial charge in [-0.1, -0.05) is 18.7 Å². The maximum Gasteiger partial charge on any atom is 0.187 e. The van der Waals surface area contributed by atoms with Crippen LogP contribution in [-0.2, 0) is 11.3 Å². The van der Waals surface area contributed by atoms with Crippen LogP contribution >= 0.6 is 36.6 Å². The Morgan fingerprint density at radius 2 is 2.14 bits per heavy atom. The summed E-state index contributed by atoms with van der Waals surface area (Å²) in [5.41, 5.74) is 1.12. The first kappa shape index (κ1) is 20.9. The summed E-state index contributed by atoms with van der Waals surface area (Å²) < 4.78 is 5.62. The van der Waals surface area contributed by atoms with Crippen molar-refractivity contribution in [3.8, 4) is 0 Å². The standard InChI is InChI=1S/C13H22N4OS.2ClH/c1-2-5-19-13-16-7-11(8-17-13)6-15-10-12-9-14-3-4-18-12;;/h7-8,12,14-15H,2-6,9-10H2,1H3;2*1H. The van der Waals surface area contributed by atoms with Crippen molar-refractivity contribution in [3.05, 3.63) is 18.0 Å². The number of hydrogen-bond donors (Lipinski definition) is 2. The molecule has 0 spiro atoms. The molecule has 0 saturated carbocycles. The first-order chi connectivity index (χ1) is 9.38. The molecule has 0 amide bonds. The van der Waals surface area contributed by atoms with Gasteiger partial charge in [-0.3, -0.25) is 0 Å². The lowest BCUT2D eigenvalue weighted by Crippen LogP contribution is -2.43. The molecule has 1 fully saturated rings. The largest absolute Gasteiger partial charge is 0.374 e. The Labute approximate surface area is 143 Å². The monoisotopic (exact) mass is 354 g/mol. The van der Waals surface area contributed by atoms with Crippen LogP contribution in [0.4, 0.5) is 0 Å². The molecule has 0 aliphatic carbocycles. The summed E-state index contributed by atoms with van der Waals surface area (Å²) in [6.07, 6.45) is 5.22. The Morgan fingerprint density at radius 3 is 2.76 bits per heavy atom. The first-order valence-corrected chi connectivity index (χ1v) is 7.84. The highest BCUT2D eigenvalue weighted by Crippen LogP contribution is 2.12. The smallest absolute Gasteiger partial charge is 0.187 e. The minimum absolute atomic E-state index is 0. The summed E-state index contributed by atoms with van der Waals surface area (Å²) in [5, 5.41) is 7.57. The molecule has 0 bridgehead atoms. The van der Waals surface area contributed by atoms with Crippen LogP contribution in [0.3, 0.4) is 0 Å². The predicted octanol–water partition coefficient (Wildman–Crippen LogP) is 1.90. The van der Waals surface area contributed by atoms with Crippen molar-refractivity contribution in [2.45, 2.75) is 31.1 Å². The van der Waals surface area contributed by atoms with E-state index >= 15 is 0 Å². The molecule has 0 aromatic carbocycles. The molecule has 1 aromatic heterocycles. The van der Waals surface area contributed by atoms with Crippen LogP contribution in [0.25, 0.3) is 0 Å². The normalized spacial score (nSPS) is 17.7. The Morgan fingerprint density at radius 1 is 1.38 bits per heavy atom. The van der Waals surface area contributed by atoms with Crippen LogP contribution in [0.1, 0.15) is 18.9 Å². The summed E-state index contributed by atoms with van der Waals surface area (Å²) in [7, 11) is 0. The van der Waals surface area contributed by atoms with Gasteiger partial charge in [0.1, 0.15) is 0 Å². The highest BCUT2D eigenvalue weighted by molar-refractivity contribution is 7.99. The van der Waals surface area contributed by atoms with Gasteiger partial charge in [0.05, 0.1) is 12.7 Å². The van der Waals surface area contributed by atoms with Crippen molar-refractivity contribution in [1.29, 1.82) is 0 Å². The van der Waals surface area contributed by atoms with Gasteiger partial charge in [0.2, 0.25) is 0 Å². The van der Waals surface area contributed by atoms with Crippen LogP contribution in [0, 0.1) is 0 Å². The van der Waals surface area contributed by atoms with E-state index in [2.05, 4.69) is 27.5 Å². The predicted molar refractivity (Wildman–Crippen MR) is 91.9 cm³/mol. The Bertz CT molecular complexity index is 364. The quantitative estimate of drug-likeness (QED) is 0.576. The van der Waals surface area contributed by atoms with Crippen LogP contribution < -0.4 is 10.6 Å². The van der Waals surface area contributed by atoms with E-state index in [1.54, 1.807) is 11.8 Å². The van der Waals surface area contributed by atoms with Crippen molar-refractivity contribution >= 4 is 36.6 Å². The second kappa shape index (κ2) is 12.4. The number of nitrogens with zero attached hydrogens (tertiary/aromatic N) is 2. The van der Waals surface area contributed by atoms with E-state index in [4.69, 9.17) is 4.74 Å². The van der Waals surface area contributed by atoms with Crippen molar-refractivity contribution in [3.63, 3.8) is 0 Å². The zero-order valence-electron chi connectivity index (χ0n) is 12.2. The van der Waals surface area contributed by atoms with Crippen molar-refractivity contribution in [1.82, 2.24) is 20.6 Å². The highest BCUT2D eigenvalue weighted by atomic mass is 35.5. The van der Waals surface area contributed by atoms with Crippen molar-refractivity contribution in [2.24, 2.45) is 0 Å². The van der Waals surface area contributed by atoms with Gasteiger partial charge in [0.15, 0.2) is 5.16 Å². The number of nitrogens with one attached hydrogen (secondary N) is 2. The van der Waals surface area contributed by atoms with Crippen LogP contribution in [0.15, 0.2) is 17.6 Å². The third-order valence-corrected chi connectivity index (χ3v) is 3.90. The fourth-order valence-electron chi connectivity index (χ4n) is 1.83. The highest BCUT2D eigenvalue weighted by Gasteiger charge is 2.12. The third kappa shape index (κ3) is 8.18. The average Bonchev–Trinajstić information content (AvgIpc) is 2.47. The zero-order valence-corrected chi connectivity index (χ0v) is 14.7. The second-order valence-corrected chi connectivity index (χ2v) is 5.61. The molecule has 1 aliphatic rings. The van der Waals surface area contributed by atoms with E-state index < -0.39 is 0 Å². The lowest BCUT2D eigenvalue weighted by atomic mass is 10.3. The SMILES string of the molecule is CCCSc1ncc(CNCC2CNCCO2)cn1.Cl.Cl. The minimum Gasteiger partial charge on any atom is -0.374 e. The molecule has 1 unspecified atom stereocenters. The van der Waals surface area contributed by atoms with Crippen molar-refractivity contribution in [2.75, 3.05) is 32.0 Å². The minimum atomic E-state index is 0. The van der Waals surface area contributed by atoms with Gasteiger partial charge in [-0.15, -0.1) is 24.8 Å². The summed E-state index contributed by atoms with van der Waals surface area (Å²) >= 11 is 1.70. The van der Waals surface area contributed by atoms with Gasteiger partial charge in [-0.2, -0.15) is 0 Å². The van der Waals surface area contributed by atoms with Gasteiger partial charge in [-0.05, 0) is 6.42 Å². The Kier molecular flexibility index (Phi) is 12.4. The number of hydrogen-bond acceptors (Lipinski definition) is 6. The third-order valence-electron chi connectivity index (χ3n) is 2.82. The molecule has 2 heterocycles. The van der Waals surface area contributed by atoms with E-state index in [0.717, 1.165) is 55.7 Å². The number of aromatic nitrogens is 2. The van der Waals surface area contributed by atoms with Crippen LogP contribution in [0.5, 0.6) is 0 Å². The molecule has 0 radical (unpaired) electrons. The van der Waals surface area contributed by atoms with Gasteiger partial charge in [-0.25, -0.2) is 9.97 Å². The number of morpholine rings is 1. The summed E-state index contributed by atoms with van der Waals surface area (Å²) in [5.74, 6) is 1.07. The van der Waals surface area contributed by atoms with Gasteiger partial charge >= 0.3 is 0 Å². The fraction of sp³-hybridized carbons (Fsp3) is 0.692. The van der Waals surface area contributed by atoms with E-state index in [1.165, 1.54) is 0 Å². The maximum absolute atomic E-state index is 5.62. The molecule has 5 nitrogen and oxygen atoms in total. The number of thioether (sulfide) groups is 1. The van der Waals surface area contributed by atoms with E-state index in [-0.39, 0.29) is 30.9 Å². The van der Waals surface area contributed by atoms with E-state index in [0.29, 0.717) is 0 Å².